The van der Waals surface area contributed by atoms with Crippen molar-refractivity contribution in [2.45, 2.75) is 57.3 Å². The lowest BCUT2D eigenvalue weighted by Crippen LogP contribution is -2.29. The largest absolute Gasteiger partial charge is 0.386 e. The first-order valence-corrected chi connectivity index (χ1v) is 7.84. The van der Waals surface area contributed by atoms with Crippen LogP contribution in [0.15, 0.2) is 18.2 Å². The molecule has 1 fully saturated rings. The SMILES string of the molecule is CC(=O)NC1CCCc2ccc(C(O)C3CCCO3)cc21. The molecule has 1 amide bonds. The highest BCUT2D eigenvalue weighted by atomic mass is 16.5. The zero-order chi connectivity index (χ0) is 14.8. The van der Waals surface area contributed by atoms with E-state index in [1.54, 1.807) is 6.92 Å². The number of carbonyl (C=O) groups is 1. The van der Waals surface area contributed by atoms with Gasteiger partial charge in [-0.25, -0.2) is 0 Å². The quantitative estimate of drug-likeness (QED) is 0.898. The number of rotatable bonds is 3. The van der Waals surface area contributed by atoms with Gasteiger partial charge in [0, 0.05) is 13.5 Å². The molecule has 21 heavy (non-hydrogen) atoms. The molecule has 1 aliphatic carbocycles. The van der Waals surface area contributed by atoms with Crippen molar-refractivity contribution >= 4 is 5.91 Å². The molecule has 1 saturated heterocycles. The number of aliphatic hydroxyl groups excluding tert-OH is 1. The molecule has 4 heteroatoms. The molecule has 114 valence electrons. The van der Waals surface area contributed by atoms with Gasteiger partial charge in [-0.2, -0.15) is 0 Å². The monoisotopic (exact) mass is 289 g/mol. The molecule has 1 aliphatic heterocycles. The van der Waals surface area contributed by atoms with E-state index in [2.05, 4.69) is 17.4 Å². The van der Waals surface area contributed by atoms with Crippen LogP contribution in [0, 0.1) is 0 Å². The number of aryl methyl sites for hydroxylation is 1. The number of hydrogen-bond acceptors (Lipinski definition) is 3. The minimum atomic E-state index is -0.572. The maximum atomic E-state index is 11.4. The summed E-state index contributed by atoms with van der Waals surface area (Å²) in [6.07, 6.45) is 4.36. The molecule has 1 heterocycles. The first kappa shape index (κ1) is 14.5. The van der Waals surface area contributed by atoms with Crippen molar-refractivity contribution in [1.82, 2.24) is 5.32 Å². The van der Waals surface area contributed by atoms with E-state index in [-0.39, 0.29) is 18.1 Å². The molecular weight excluding hydrogens is 266 g/mol. The number of hydrogen-bond donors (Lipinski definition) is 2. The number of nitrogens with one attached hydrogen (secondary N) is 1. The molecule has 1 aromatic rings. The Morgan fingerprint density at radius 3 is 2.95 bits per heavy atom. The van der Waals surface area contributed by atoms with E-state index in [4.69, 9.17) is 4.74 Å². The van der Waals surface area contributed by atoms with Crippen LogP contribution in [0.5, 0.6) is 0 Å². The summed E-state index contributed by atoms with van der Waals surface area (Å²) in [5, 5.41) is 13.5. The van der Waals surface area contributed by atoms with Crippen molar-refractivity contribution in [3.05, 3.63) is 34.9 Å². The van der Waals surface area contributed by atoms with Crippen LogP contribution in [0.25, 0.3) is 0 Å². The van der Waals surface area contributed by atoms with Gasteiger partial charge in [-0.3, -0.25) is 4.79 Å². The van der Waals surface area contributed by atoms with Crippen LogP contribution in [0.3, 0.4) is 0 Å². The third-order valence-electron chi connectivity index (χ3n) is 4.52. The lowest BCUT2D eigenvalue weighted by Gasteiger charge is -2.28. The van der Waals surface area contributed by atoms with Gasteiger partial charge in [-0.1, -0.05) is 18.2 Å². The second kappa shape index (κ2) is 6.16. The van der Waals surface area contributed by atoms with Gasteiger partial charge in [0.25, 0.3) is 0 Å². The van der Waals surface area contributed by atoms with E-state index in [1.807, 2.05) is 6.07 Å². The second-order valence-electron chi connectivity index (χ2n) is 6.10. The Morgan fingerprint density at radius 1 is 1.38 bits per heavy atom. The molecule has 3 rings (SSSR count). The van der Waals surface area contributed by atoms with Crippen LogP contribution in [0.1, 0.15) is 61.4 Å². The summed E-state index contributed by atoms with van der Waals surface area (Å²) in [6.45, 7) is 2.29. The van der Waals surface area contributed by atoms with Crippen LogP contribution >= 0.6 is 0 Å². The topological polar surface area (TPSA) is 58.6 Å². The number of ether oxygens (including phenoxy) is 1. The van der Waals surface area contributed by atoms with E-state index >= 15 is 0 Å². The lowest BCUT2D eigenvalue weighted by molar-refractivity contribution is -0.119. The summed E-state index contributed by atoms with van der Waals surface area (Å²) in [5.41, 5.74) is 3.34. The third kappa shape index (κ3) is 3.11. The van der Waals surface area contributed by atoms with Gasteiger partial charge in [0.05, 0.1) is 12.1 Å². The smallest absolute Gasteiger partial charge is 0.217 e. The van der Waals surface area contributed by atoms with Crippen molar-refractivity contribution in [3.8, 4) is 0 Å². The number of aliphatic hydroxyl groups is 1. The normalized spacial score (nSPS) is 26.2. The number of fused-ring (bicyclic) bond motifs is 1. The number of benzene rings is 1. The van der Waals surface area contributed by atoms with Gasteiger partial charge in [-0.15, -0.1) is 0 Å². The van der Waals surface area contributed by atoms with E-state index in [0.29, 0.717) is 0 Å². The summed E-state index contributed by atoms with van der Waals surface area (Å²) in [4.78, 5) is 11.4. The summed E-state index contributed by atoms with van der Waals surface area (Å²) in [6, 6.07) is 6.22. The molecule has 1 aromatic carbocycles. The van der Waals surface area contributed by atoms with Crippen LogP contribution in [-0.2, 0) is 16.0 Å². The van der Waals surface area contributed by atoms with Crippen molar-refractivity contribution in [2.75, 3.05) is 6.61 Å². The first-order chi connectivity index (χ1) is 10.1. The maximum absolute atomic E-state index is 11.4. The molecule has 0 saturated carbocycles. The Bertz CT molecular complexity index is 523. The van der Waals surface area contributed by atoms with Crippen molar-refractivity contribution in [2.24, 2.45) is 0 Å². The van der Waals surface area contributed by atoms with Crippen molar-refractivity contribution < 1.29 is 14.6 Å². The van der Waals surface area contributed by atoms with E-state index < -0.39 is 6.10 Å². The summed E-state index contributed by atoms with van der Waals surface area (Å²) in [7, 11) is 0. The maximum Gasteiger partial charge on any atom is 0.217 e. The molecule has 2 N–H and O–H groups in total. The summed E-state index contributed by atoms with van der Waals surface area (Å²) >= 11 is 0. The summed E-state index contributed by atoms with van der Waals surface area (Å²) in [5.74, 6) is -0.00192. The zero-order valence-electron chi connectivity index (χ0n) is 12.5. The van der Waals surface area contributed by atoms with Gasteiger partial charge in [0.1, 0.15) is 6.10 Å². The summed E-state index contributed by atoms with van der Waals surface area (Å²) < 4.78 is 5.58. The Kier molecular flexibility index (Phi) is 4.27. The fraction of sp³-hybridized carbons (Fsp3) is 0.588. The second-order valence-corrected chi connectivity index (χ2v) is 6.10. The standard InChI is InChI=1S/C17H23NO3/c1-11(19)18-15-5-2-4-12-7-8-13(10-14(12)15)17(20)16-6-3-9-21-16/h7-8,10,15-17,20H,2-6,9H2,1H3,(H,18,19). The van der Waals surface area contributed by atoms with Crippen LogP contribution in [0.2, 0.25) is 0 Å². The highest BCUT2D eigenvalue weighted by Gasteiger charge is 2.27. The highest BCUT2D eigenvalue weighted by Crippen LogP contribution is 2.34. The zero-order valence-corrected chi connectivity index (χ0v) is 12.5. The number of amides is 1. The average molecular weight is 289 g/mol. The Labute approximate surface area is 125 Å². The Morgan fingerprint density at radius 2 is 2.24 bits per heavy atom. The van der Waals surface area contributed by atoms with Crippen LogP contribution in [0.4, 0.5) is 0 Å². The van der Waals surface area contributed by atoms with Gasteiger partial charge in [-0.05, 0) is 48.8 Å². The Balaban J connectivity index is 1.85. The molecule has 0 radical (unpaired) electrons. The number of carbonyl (C=O) groups excluding carboxylic acids is 1. The van der Waals surface area contributed by atoms with Crippen LogP contribution < -0.4 is 5.32 Å². The van der Waals surface area contributed by atoms with Crippen molar-refractivity contribution in [3.63, 3.8) is 0 Å². The van der Waals surface area contributed by atoms with Gasteiger partial charge >= 0.3 is 0 Å². The minimum Gasteiger partial charge on any atom is -0.386 e. The minimum absolute atomic E-state index is 0.00192. The lowest BCUT2D eigenvalue weighted by atomic mass is 9.85. The molecule has 3 atom stereocenters. The average Bonchev–Trinajstić information content (AvgIpc) is 3.00. The first-order valence-electron chi connectivity index (χ1n) is 7.84. The van der Waals surface area contributed by atoms with Gasteiger partial charge < -0.3 is 15.2 Å². The van der Waals surface area contributed by atoms with Gasteiger partial charge in [0.15, 0.2) is 0 Å². The fourth-order valence-corrected chi connectivity index (χ4v) is 3.46. The van der Waals surface area contributed by atoms with Crippen LogP contribution in [-0.4, -0.2) is 23.7 Å². The fourth-order valence-electron chi connectivity index (χ4n) is 3.46. The van der Waals surface area contributed by atoms with E-state index in [1.165, 1.54) is 5.56 Å². The molecular formula is C17H23NO3. The predicted molar refractivity (Wildman–Crippen MR) is 79.9 cm³/mol. The molecule has 0 spiro atoms. The molecule has 0 bridgehead atoms. The highest BCUT2D eigenvalue weighted by molar-refractivity contribution is 5.73. The van der Waals surface area contributed by atoms with E-state index in [0.717, 1.165) is 49.8 Å². The Hall–Kier alpha value is -1.39. The predicted octanol–water partition coefficient (Wildman–Crippen LogP) is 2.41. The van der Waals surface area contributed by atoms with E-state index in [9.17, 15) is 9.90 Å². The van der Waals surface area contributed by atoms with Gasteiger partial charge in [0.2, 0.25) is 5.91 Å². The molecule has 4 nitrogen and oxygen atoms in total. The molecule has 3 unspecified atom stereocenters. The van der Waals surface area contributed by atoms with Crippen molar-refractivity contribution in [1.29, 1.82) is 0 Å². The molecule has 0 aromatic heterocycles. The molecule has 2 aliphatic rings. The third-order valence-corrected chi connectivity index (χ3v) is 4.52.